The smallest absolute Gasteiger partial charge is 0.124 e. The number of aromatic hydroxyl groups is 1. The molecule has 6 heteroatoms. The third-order valence-corrected chi connectivity index (χ3v) is 7.54. The zero-order chi connectivity index (χ0) is 20.4. The molecule has 0 spiro atoms. The maximum absolute atomic E-state index is 10.8. The van der Waals surface area contributed by atoms with Gasteiger partial charge in [0.2, 0.25) is 0 Å². The molecule has 0 aliphatic carbocycles. The van der Waals surface area contributed by atoms with Crippen molar-refractivity contribution in [3.8, 4) is 27.3 Å². The summed E-state index contributed by atoms with van der Waals surface area (Å²) in [7, 11) is 11.4. The van der Waals surface area contributed by atoms with Crippen molar-refractivity contribution in [1.82, 2.24) is 9.80 Å². The maximum Gasteiger partial charge on any atom is 0.124 e. The summed E-state index contributed by atoms with van der Waals surface area (Å²) in [6, 6.07) is 12.8. The summed E-state index contributed by atoms with van der Waals surface area (Å²) in [4.78, 5) is 5.34. The lowest BCUT2D eigenvalue weighted by Gasteiger charge is -2.18. The average Bonchev–Trinajstić information content (AvgIpc) is 3.00. The lowest BCUT2D eigenvalue weighted by molar-refractivity contribution is 0.368. The van der Waals surface area contributed by atoms with Gasteiger partial charge >= 0.3 is 0 Å². The molecule has 0 atom stereocenters. The molecule has 0 saturated heterocycles. The van der Waals surface area contributed by atoms with Crippen LogP contribution in [0.15, 0.2) is 36.4 Å². The highest BCUT2D eigenvalue weighted by Crippen LogP contribution is 2.43. The second-order valence-corrected chi connectivity index (χ2v) is 10.5. The van der Waals surface area contributed by atoms with Crippen molar-refractivity contribution >= 4 is 32.9 Å². The molecule has 0 aliphatic rings. The summed E-state index contributed by atoms with van der Waals surface area (Å²) in [5.41, 5.74) is 6.53. The third-order valence-electron chi connectivity index (χ3n) is 4.48. The molecule has 0 radical (unpaired) electrons. The molecule has 3 rings (SSSR count). The van der Waals surface area contributed by atoms with Crippen LogP contribution in [-0.2, 0) is 13.1 Å². The summed E-state index contributed by atoms with van der Waals surface area (Å²) in [5.74, 6) is 0.391. The first-order valence-electron chi connectivity index (χ1n) is 9.11. The molecule has 0 saturated carbocycles. The Hall–Kier alpha value is -1.57. The van der Waals surface area contributed by atoms with Crippen molar-refractivity contribution in [2.45, 2.75) is 20.0 Å². The molecule has 1 N–H and O–H groups in total. The van der Waals surface area contributed by atoms with Crippen LogP contribution in [0.1, 0.15) is 16.7 Å². The molecular weight excluding hydrogens is 404 g/mol. The van der Waals surface area contributed by atoms with Crippen LogP contribution in [0.5, 0.6) is 5.75 Å². The minimum atomic E-state index is 0.391. The lowest BCUT2D eigenvalue weighted by atomic mass is 9.98. The van der Waals surface area contributed by atoms with E-state index >= 15 is 0 Å². The molecule has 0 fully saturated rings. The Balaban J connectivity index is 2.18. The number of phenolic OH excluding ortho intramolecular Hbond substituents is 1. The van der Waals surface area contributed by atoms with Crippen LogP contribution in [0, 0.1) is 10.7 Å². The van der Waals surface area contributed by atoms with Crippen molar-refractivity contribution in [2.24, 2.45) is 0 Å². The van der Waals surface area contributed by atoms with Gasteiger partial charge in [-0.25, -0.2) is 0 Å². The quantitative estimate of drug-likeness (QED) is 0.383. The van der Waals surface area contributed by atoms with Crippen LogP contribution >= 0.6 is 32.9 Å². The van der Waals surface area contributed by atoms with Gasteiger partial charge in [-0.2, -0.15) is 0 Å². The van der Waals surface area contributed by atoms with E-state index in [0.29, 0.717) is 18.8 Å². The highest BCUT2D eigenvalue weighted by molar-refractivity contribution is 7.80. The van der Waals surface area contributed by atoms with Gasteiger partial charge < -0.3 is 14.9 Å². The Bertz CT molecular complexity index is 986. The van der Waals surface area contributed by atoms with Crippen molar-refractivity contribution in [2.75, 3.05) is 28.2 Å². The zero-order valence-corrected chi connectivity index (χ0v) is 19.4. The first kappa shape index (κ1) is 21.1. The van der Waals surface area contributed by atoms with Crippen molar-refractivity contribution in [3.05, 3.63) is 56.9 Å². The maximum atomic E-state index is 10.8. The Labute approximate surface area is 179 Å². The predicted octanol–water partition coefficient (Wildman–Crippen LogP) is 6.01. The first-order valence-corrected chi connectivity index (χ1v) is 11.7. The van der Waals surface area contributed by atoms with Crippen molar-refractivity contribution < 1.29 is 5.11 Å². The molecule has 0 unspecified atom stereocenters. The normalized spacial score (nSPS) is 11.5. The van der Waals surface area contributed by atoms with E-state index in [-0.39, 0.29) is 0 Å². The largest absolute Gasteiger partial charge is 0.507 e. The fourth-order valence-electron chi connectivity index (χ4n) is 3.23. The summed E-state index contributed by atoms with van der Waals surface area (Å²) >= 11 is 5.68. The van der Waals surface area contributed by atoms with Gasteiger partial charge in [0, 0.05) is 29.8 Å². The Morgan fingerprint density at radius 2 is 1.39 bits per heavy atom. The van der Waals surface area contributed by atoms with E-state index in [1.54, 1.807) is 20.7 Å². The number of rotatable bonds is 6. The van der Waals surface area contributed by atoms with E-state index in [4.69, 9.17) is 12.2 Å². The van der Waals surface area contributed by atoms with Gasteiger partial charge in [0.15, 0.2) is 0 Å². The van der Waals surface area contributed by atoms with Crippen LogP contribution < -0.4 is 0 Å². The Morgan fingerprint density at radius 1 is 0.857 bits per heavy atom. The highest BCUT2D eigenvalue weighted by atomic mass is 32.9. The molecule has 3 nitrogen and oxygen atoms in total. The van der Waals surface area contributed by atoms with E-state index in [1.807, 2.05) is 28.2 Å². The van der Waals surface area contributed by atoms with Gasteiger partial charge in [-0.1, -0.05) is 62.7 Å². The minimum Gasteiger partial charge on any atom is -0.507 e. The second kappa shape index (κ2) is 8.84. The second-order valence-electron chi connectivity index (χ2n) is 7.64. The van der Waals surface area contributed by atoms with Gasteiger partial charge in [-0.3, -0.25) is 0 Å². The SMILES string of the molecule is Cc1ccc(-c2c(-c3cc(CN(C)C)c(O)c(CN(C)C)c3)ssc2=S)cc1. The minimum absolute atomic E-state index is 0.391. The topological polar surface area (TPSA) is 26.7 Å². The average molecular weight is 431 g/mol. The molecule has 3 aromatic rings. The van der Waals surface area contributed by atoms with Gasteiger partial charge in [0.25, 0.3) is 0 Å². The van der Waals surface area contributed by atoms with Gasteiger partial charge in [-0.05, 0) is 58.4 Å². The lowest BCUT2D eigenvalue weighted by Crippen LogP contribution is -2.14. The standard InChI is InChI=1S/C22H26N2OS3/c1-14-6-8-15(9-7-14)19-21(27-28-22(19)26)16-10-17(12-23(2)3)20(25)18(11-16)13-24(4)5/h6-11,25H,12-13H2,1-5H3. The Kier molecular flexibility index (Phi) is 6.68. The van der Waals surface area contributed by atoms with Crippen LogP contribution in [0.3, 0.4) is 0 Å². The number of benzene rings is 2. The molecule has 0 aliphatic heterocycles. The summed E-state index contributed by atoms with van der Waals surface area (Å²) in [6.07, 6.45) is 0. The predicted molar refractivity (Wildman–Crippen MR) is 125 cm³/mol. The van der Waals surface area contributed by atoms with Crippen LogP contribution in [-0.4, -0.2) is 43.1 Å². The summed E-state index contributed by atoms with van der Waals surface area (Å²) in [6.45, 7) is 3.47. The van der Waals surface area contributed by atoms with Crippen LogP contribution in [0.4, 0.5) is 0 Å². The molecular formula is C22H26N2OS3. The number of hydrogen-bond acceptors (Lipinski definition) is 6. The number of nitrogens with zero attached hydrogens (tertiary/aromatic N) is 2. The van der Waals surface area contributed by atoms with E-state index in [1.165, 1.54) is 10.4 Å². The monoisotopic (exact) mass is 430 g/mol. The van der Waals surface area contributed by atoms with Gasteiger partial charge in [0.1, 0.15) is 9.57 Å². The summed E-state index contributed by atoms with van der Waals surface area (Å²) < 4.78 is 0.917. The highest BCUT2D eigenvalue weighted by Gasteiger charge is 2.18. The zero-order valence-electron chi connectivity index (χ0n) is 16.9. The first-order chi connectivity index (χ1) is 13.3. The molecule has 1 heterocycles. The van der Waals surface area contributed by atoms with E-state index in [2.05, 4.69) is 53.1 Å². The summed E-state index contributed by atoms with van der Waals surface area (Å²) in [5, 5.41) is 10.8. The molecule has 0 amide bonds. The van der Waals surface area contributed by atoms with Gasteiger partial charge in [-0.15, -0.1) is 0 Å². The molecule has 148 valence electrons. The van der Waals surface area contributed by atoms with E-state index in [0.717, 1.165) is 31.6 Å². The van der Waals surface area contributed by atoms with Crippen molar-refractivity contribution in [3.63, 3.8) is 0 Å². The third kappa shape index (κ3) is 4.70. The van der Waals surface area contributed by atoms with Crippen molar-refractivity contribution in [1.29, 1.82) is 0 Å². The molecule has 2 aromatic carbocycles. The molecule has 0 bridgehead atoms. The Morgan fingerprint density at radius 3 is 1.89 bits per heavy atom. The number of hydrogen-bond donors (Lipinski definition) is 1. The molecule has 1 aromatic heterocycles. The van der Waals surface area contributed by atoms with E-state index in [9.17, 15) is 5.11 Å². The molecule has 28 heavy (non-hydrogen) atoms. The number of phenols is 1. The fraction of sp³-hybridized carbons (Fsp3) is 0.318. The van der Waals surface area contributed by atoms with Crippen LogP contribution in [0.25, 0.3) is 21.6 Å². The fourth-order valence-corrected chi connectivity index (χ4v) is 6.13. The number of aryl methyl sites for hydroxylation is 1. The van der Waals surface area contributed by atoms with E-state index < -0.39 is 0 Å². The van der Waals surface area contributed by atoms with Gasteiger partial charge in [0.05, 0.1) is 4.88 Å². The van der Waals surface area contributed by atoms with Crippen LogP contribution in [0.2, 0.25) is 0 Å².